The number of carbonyl (C=O) groups is 2. The Kier molecular flexibility index (Phi) is 6.02. The number of piperidine rings is 1. The molecule has 2 aromatic rings. The molecule has 4 rings (SSSR count). The van der Waals surface area contributed by atoms with Gasteiger partial charge in [-0.2, -0.15) is 0 Å². The standard InChI is InChI=1S/C24H27N3O3/c28-22-10-8-18(9-11-22)19-12-15-26(16-13-19)23(29)20-5-4-14-27(17-20)24(30)25-21-6-2-1-3-7-21/h1-3,6-12,20,28H,4-5,13-17H2,(H,25,30). The van der Waals surface area contributed by atoms with Gasteiger partial charge in [-0.1, -0.05) is 36.4 Å². The Balaban J connectivity index is 1.34. The van der Waals surface area contributed by atoms with Gasteiger partial charge < -0.3 is 20.2 Å². The molecule has 2 heterocycles. The maximum absolute atomic E-state index is 13.1. The number of rotatable bonds is 3. The molecule has 156 valence electrons. The first kappa shape index (κ1) is 20.0. The number of anilines is 1. The predicted octanol–water partition coefficient (Wildman–Crippen LogP) is 3.95. The minimum Gasteiger partial charge on any atom is -0.508 e. The first-order valence-electron chi connectivity index (χ1n) is 10.5. The van der Waals surface area contributed by atoms with Crippen LogP contribution in [0.2, 0.25) is 0 Å². The number of nitrogens with one attached hydrogen (secondary N) is 1. The number of phenols is 1. The summed E-state index contributed by atoms with van der Waals surface area (Å²) in [7, 11) is 0. The molecule has 6 nitrogen and oxygen atoms in total. The Labute approximate surface area is 176 Å². The smallest absolute Gasteiger partial charge is 0.321 e. The van der Waals surface area contributed by atoms with E-state index in [1.807, 2.05) is 47.4 Å². The molecule has 0 aromatic heterocycles. The van der Waals surface area contributed by atoms with Gasteiger partial charge in [0.05, 0.1) is 5.92 Å². The average molecular weight is 405 g/mol. The molecule has 1 saturated heterocycles. The number of carbonyl (C=O) groups excluding carboxylic acids is 2. The van der Waals surface area contributed by atoms with Crippen molar-refractivity contribution >= 4 is 23.2 Å². The molecule has 0 spiro atoms. The van der Waals surface area contributed by atoms with Crippen molar-refractivity contribution in [2.24, 2.45) is 5.92 Å². The molecule has 0 bridgehead atoms. The largest absolute Gasteiger partial charge is 0.508 e. The van der Waals surface area contributed by atoms with E-state index in [4.69, 9.17) is 0 Å². The number of aromatic hydroxyl groups is 1. The highest BCUT2D eigenvalue weighted by atomic mass is 16.3. The summed E-state index contributed by atoms with van der Waals surface area (Å²) in [5.74, 6) is 0.238. The Hall–Kier alpha value is -3.28. The molecular formula is C24H27N3O3. The van der Waals surface area contributed by atoms with Gasteiger partial charge in [-0.25, -0.2) is 4.79 Å². The number of hydrogen-bond donors (Lipinski definition) is 2. The lowest BCUT2D eigenvalue weighted by Gasteiger charge is -2.36. The van der Waals surface area contributed by atoms with E-state index >= 15 is 0 Å². The van der Waals surface area contributed by atoms with Crippen molar-refractivity contribution < 1.29 is 14.7 Å². The van der Waals surface area contributed by atoms with Crippen molar-refractivity contribution in [3.8, 4) is 5.75 Å². The molecule has 2 aliphatic rings. The minimum atomic E-state index is -0.149. The number of benzene rings is 2. The predicted molar refractivity (Wildman–Crippen MR) is 117 cm³/mol. The topological polar surface area (TPSA) is 72.9 Å². The molecule has 30 heavy (non-hydrogen) atoms. The molecule has 2 aromatic carbocycles. The summed E-state index contributed by atoms with van der Waals surface area (Å²) in [6.07, 6.45) is 4.54. The molecule has 3 amide bonds. The number of nitrogens with zero attached hydrogens (tertiary/aromatic N) is 2. The maximum Gasteiger partial charge on any atom is 0.321 e. The van der Waals surface area contributed by atoms with Crippen LogP contribution in [0.5, 0.6) is 5.75 Å². The van der Waals surface area contributed by atoms with Gasteiger partial charge in [0, 0.05) is 31.9 Å². The summed E-state index contributed by atoms with van der Waals surface area (Å²) in [6, 6.07) is 16.4. The third-order valence-electron chi connectivity index (χ3n) is 5.84. The molecule has 1 atom stereocenters. The van der Waals surface area contributed by atoms with Gasteiger partial charge >= 0.3 is 6.03 Å². The molecular weight excluding hydrogens is 378 g/mol. The highest BCUT2D eigenvalue weighted by molar-refractivity contribution is 5.90. The van der Waals surface area contributed by atoms with Crippen molar-refractivity contribution in [1.29, 1.82) is 0 Å². The van der Waals surface area contributed by atoms with Gasteiger partial charge in [0.1, 0.15) is 5.75 Å². The van der Waals surface area contributed by atoms with Crippen molar-refractivity contribution in [3.63, 3.8) is 0 Å². The number of para-hydroxylation sites is 1. The fourth-order valence-corrected chi connectivity index (χ4v) is 4.15. The zero-order chi connectivity index (χ0) is 20.9. The lowest BCUT2D eigenvalue weighted by molar-refractivity contribution is -0.136. The van der Waals surface area contributed by atoms with Crippen LogP contribution in [0.3, 0.4) is 0 Å². The molecule has 0 radical (unpaired) electrons. The number of amides is 3. The van der Waals surface area contributed by atoms with E-state index < -0.39 is 0 Å². The second-order valence-electron chi connectivity index (χ2n) is 7.89. The molecule has 0 saturated carbocycles. The van der Waals surface area contributed by atoms with E-state index in [9.17, 15) is 14.7 Å². The second kappa shape index (κ2) is 9.03. The van der Waals surface area contributed by atoms with Crippen LogP contribution in [-0.2, 0) is 4.79 Å². The van der Waals surface area contributed by atoms with Crippen LogP contribution in [0, 0.1) is 5.92 Å². The quantitative estimate of drug-likeness (QED) is 0.812. The monoisotopic (exact) mass is 405 g/mol. The number of phenolic OH excluding ortho intramolecular Hbond substituents is 1. The van der Waals surface area contributed by atoms with Gasteiger partial charge in [0.25, 0.3) is 0 Å². The fourth-order valence-electron chi connectivity index (χ4n) is 4.15. The third kappa shape index (κ3) is 4.64. The second-order valence-corrected chi connectivity index (χ2v) is 7.89. The maximum atomic E-state index is 13.1. The first-order chi connectivity index (χ1) is 14.6. The molecule has 1 fully saturated rings. The summed E-state index contributed by atoms with van der Waals surface area (Å²) in [5.41, 5.74) is 3.05. The van der Waals surface area contributed by atoms with E-state index in [2.05, 4.69) is 11.4 Å². The van der Waals surface area contributed by atoms with E-state index in [1.54, 1.807) is 17.0 Å². The van der Waals surface area contributed by atoms with Crippen LogP contribution in [0.1, 0.15) is 24.8 Å². The zero-order valence-corrected chi connectivity index (χ0v) is 17.0. The van der Waals surface area contributed by atoms with Crippen LogP contribution >= 0.6 is 0 Å². The molecule has 2 aliphatic heterocycles. The molecule has 2 N–H and O–H groups in total. The van der Waals surface area contributed by atoms with Gasteiger partial charge in [-0.05, 0) is 54.7 Å². The summed E-state index contributed by atoms with van der Waals surface area (Å²) in [4.78, 5) is 29.3. The van der Waals surface area contributed by atoms with Crippen LogP contribution in [0.15, 0.2) is 60.7 Å². The Morgan fingerprint density at radius 1 is 0.967 bits per heavy atom. The van der Waals surface area contributed by atoms with Gasteiger partial charge in [-0.15, -0.1) is 0 Å². The highest BCUT2D eigenvalue weighted by Gasteiger charge is 2.31. The highest BCUT2D eigenvalue weighted by Crippen LogP contribution is 2.26. The number of urea groups is 1. The minimum absolute atomic E-state index is 0.133. The van der Waals surface area contributed by atoms with Crippen LogP contribution in [0.25, 0.3) is 5.57 Å². The lowest BCUT2D eigenvalue weighted by Crippen LogP contribution is -2.48. The van der Waals surface area contributed by atoms with E-state index in [0.29, 0.717) is 26.2 Å². The van der Waals surface area contributed by atoms with Crippen molar-refractivity contribution in [2.45, 2.75) is 19.3 Å². The SMILES string of the molecule is O=C(Nc1ccccc1)N1CCCC(C(=O)N2CC=C(c3ccc(O)cc3)CC2)C1. The molecule has 6 heteroatoms. The van der Waals surface area contributed by atoms with Crippen LogP contribution < -0.4 is 5.32 Å². The third-order valence-corrected chi connectivity index (χ3v) is 5.84. The van der Waals surface area contributed by atoms with Gasteiger partial charge in [-0.3, -0.25) is 4.79 Å². The van der Waals surface area contributed by atoms with Gasteiger partial charge in [0.2, 0.25) is 5.91 Å². The van der Waals surface area contributed by atoms with Crippen molar-refractivity contribution in [2.75, 3.05) is 31.5 Å². The average Bonchev–Trinajstić information content (AvgIpc) is 2.80. The first-order valence-corrected chi connectivity index (χ1v) is 10.5. The normalized spacial score (nSPS) is 19.2. The Morgan fingerprint density at radius 2 is 1.73 bits per heavy atom. The zero-order valence-electron chi connectivity index (χ0n) is 17.0. The van der Waals surface area contributed by atoms with E-state index in [-0.39, 0.29) is 23.6 Å². The molecule has 1 unspecified atom stereocenters. The summed E-state index contributed by atoms with van der Waals surface area (Å²) in [6.45, 7) is 2.40. The number of hydrogen-bond acceptors (Lipinski definition) is 3. The van der Waals surface area contributed by atoms with Crippen LogP contribution in [-0.4, -0.2) is 53.0 Å². The summed E-state index contributed by atoms with van der Waals surface area (Å²) >= 11 is 0. The van der Waals surface area contributed by atoms with E-state index in [0.717, 1.165) is 30.5 Å². The summed E-state index contributed by atoms with van der Waals surface area (Å²) in [5, 5.41) is 12.4. The van der Waals surface area contributed by atoms with Gasteiger partial charge in [0.15, 0.2) is 0 Å². The summed E-state index contributed by atoms with van der Waals surface area (Å²) < 4.78 is 0. The Morgan fingerprint density at radius 3 is 2.43 bits per heavy atom. The lowest BCUT2D eigenvalue weighted by atomic mass is 9.94. The van der Waals surface area contributed by atoms with Crippen molar-refractivity contribution in [1.82, 2.24) is 9.80 Å². The van der Waals surface area contributed by atoms with E-state index in [1.165, 1.54) is 5.57 Å². The Bertz CT molecular complexity index is 924. The fraction of sp³-hybridized carbons (Fsp3) is 0.333. The molecule has 0 aliphatic carbocycles. The number of likely N-dealkylation sites (tertiary alicyclic amines) is 1. The van der Waals surface area contributed by atoms with Crippen molar-refractivity contribution in [3.05, 3.63) is 66.2 Å². The van der Waals surface area contributed by atoms with Crippen LogP contribution in [0.4, 0.5) is 10.5 Å².